The molecule has 0 amide bonds. The van der Waals surface area contributed by atoms with Crippen molar-refractivity contribution in [3.63, 3.8) is 0 Å². The van der Waals surface area contributed by atoms with Gasteiger partial charge >= 0.3 is 0 Å². The maximum atomic E-state index is 12.1. The number of benzene rings is 2. The summed E-state index contributed by atoms with van der Waals surface area (Å²) in [6.45, 7) is 0. The second-order valence-electron chi connectivity index (χ2n) is 4.52. The van der Waals surface area contributed by atoms with Gasteiger partial charge in [0.05, 0.1) is 5.39 Å². The molecule has 0 aliphatic carbocycles. The molecule has 0 saturated heterocycles. The van der Waals surface area contributed by atoms with Crippen LogP contribution in [-0.2, 0) is 0 Å². The molecule has 0 fully saturated rings. The lowest BCUT2D eigenvalue weighted by Crippen LogP contribution is -2.06. The van der Waals surface area contributed by atoms with Gasteiger partial charge in [-0.05, 0) is 30.3 Å². The van der Waals surface area contributed by atoms with Crippen molar-refractivity contribution in [2.24, 2.45) is 0 Å². The van der Waals surface area contributed by atoms with Crippen molar-refractivity contribution in [3.05, 3.63) is 58.8 Å². The van der Waals surface area contributed by atoms with E-state index in [9.17, 15) is 9.90 Å². The average molecular weight is 250 g/mol. The Bertz CT molecular complexity index is 804. The predicted octanol–water partition coefficient (Wildman–Crippen LogP) is 1.42. The number of phenolic OH excluding ortho intramolecular Hbond substituents is 1. The van der Waals surface area contributed by atoms with E-state index in [2.05, 4.69) is 0 Å². The summed E-state index contributed by atoms with van der Waals surface area (Å²) in [4.78, 5) is 12.1. The molecule has 0 aliphatic heterocycles. The number of aromatic hydroxyl groups is 1. The quantitative estimate of drug-likeness (QED) is 0.664. The minimum atomic E-state index is -0.0620. The van der Waals surface area contributed by atoms with Crippen LogP contribution in [0.15, 0.2) is 57.7 Å². The molecule has 0 bridgehead atoms. The minimum absolute atomic E-state index is 0.0620. The van der Waals surface area contributed by atoms with E-state index >= 15 is 0 Å². The van der Waals surface area contributed by atoms with E-state index in [0.717, 1.165) is 11.0 Å². The largest absolute Gasteiger partial charge is 0.508 e. The first kappa shape index (κ1) is 11.6. The molecule has 0 atom stereocenters. The van der Waals surface area contributed by atoms with Crippen molar-refractivity contribution < 1.29 is 9.52 Å². The van der Waals surface area contributed by atoms with Crippen LogP contribution in [0.4, 0.5) is 0 Å². The molecule has 0 radical (unpaired) electrons. The third kappa shape index (κ3) is 2.13. The van der Waals surface area contributed by atoms with E-state index in [1.54, 1.807) is 30.3 Å². The fourth-order valence-corrected chi connectivity index (χ4v) is 2.04. The highest BCUT2D eigenvalue weighted by Gasteiger charge is 2.07. The van der Waals surface area contributed by atoms with Crippen LogP contribution in [-0.4, -0.2) is 13.0 Å². The zero-order chi connectivity index (χ0) is 13.4. The Hall–Kier alpha value is -2.49. The first-order chi connectivity index (χ1) is 9.13. The number of hydrogen-bond donors (Lipinski definition) is 1. The van der Waals surface area contributed by atoms with Gasteiger partial charge in [0, 0.05) is 11.6 Å². The number of rotatable bonds is 1. The number of hydrogen-bond acceptors (Lipinski definition) is 3. The highest BCUT2D eigenvalue weighted by atomic mass is 16.3. The lowest BCUT2D eigenvalue weighted by atomic mass is 9.95. The predicted molar refractivity (Wildman–Crippen MR) is 77.8 cm³/mol. The molecule has 19 heavy (non-hydrogen) atoms. The molecule has 3 rings (SSSR count). The summed E-state index contributed by atoms with van der Waals surface area (Å²) in [6, 6.07) is 13.6. The van der Waals surface area contributed by atoms with Crippen LogP contribution >= 0.6 is 0 Å². The van der Waals surface area contributed by atoms with Gasteiger partial charge < -0.3 is 9.52 Å². The Morgan fingerprint density at radius 1 is 1.00 bits per heavy atom. The van der Waals surface area contributed by atoms with E-state index in [4.69, 9.17) is 4.42 Å². The van der Waals surface area contributed by atoms with Crippen molar-refractivity contribution in [1.29, 1.82) is 0 Å². The maximum Gasteiger partial charge on any atom is 0.193 e. The maximum absolute atomic E-state index is 12.1. The molecule has 2 aromatic carbocycles. The van der Waals surface area contributed by atoms with Gasteiger partial charge in [-0.1, -0.05) is 17.6 Å². The monoisotopic (exact) mass is 250 g/mol. The Balaban J connectivity index is 2.24. The normalized spacial score (nSPS) is 10.7. The fourth-order valence-electron chi connectivity index (χ4n) is 2.04. The second kappa shape index (κ2) is 4.32. The van der Waals surface area contributed by atoms with Gasteiger partial charge in [0.2, 0.25) is 0 Å². The lowest BCUT2D eigenvalue weighted by molar-refractivity contribution is 0.475. The highest BCUT2D eigenvalue weighted by molar-refractivity contribution is 6.33. The van der Waals surface area contributed by atoms with Gasteiger partial charge in [0.25, 0.3) is 0 Å². The summed E-state index contributed by atoms with van der Waals surface area (Å²) >= 11 is 0. The zero-order valence-electron chi connectivity index (χ0n) is 10.4. The van der Waals surface area contributed by atoms with E-state index in [0.29, 0.717) is 16.7 Å². The molecule has 1 aromatic heterocycles. The molecule has 3 aromatic rings. The molecular formula is C15H11BO3. The summed E-state index contributed by atoms with van der Waals surface area (Å²) in [7, 11) is 1.94. The summed E-state index contributed by atoms with van der Waals surface area (Å²) in [5.41, 5.74) is 2.30. The minimum Gasteiger partial charge on any atom is -0.508 e. The van der Waals surface area contributed by atoms with E-state index in [1.165, 1.54) is 6.07 Å². The lowest BCUT2D eigenvalue weighted by Gasteiger charge is -2.04. The van der Waals surface area contributed by atoms with Crippen molar-refractivity contribution >= 4 is 24.3 Å². The van der Waals surface area contributed by atoms with Crippen molar-refractivity contribution in [2.75, 3.05) is 0 Å². The van der Waals surface area contributed by atoms with E-state index in [-0.39, 0.29) is 11.2 Å². The topological polar surface area (TPSA) is 50.4 Å². The van der Waals surface area contributed by atoms with Crippen molar-refractivity contribution in [2.45, 2.75) is 0 Å². The van der Waals surface area contributed by atoms with Crippen LogP contribution in [0, 0.1) is 0 Å². The molecule has 0 spiro atoms. The van der Waals surface area contributed by atoms with Crippen molar-refractivity contribution in [3.8, 4) is 17.1 Å². The fraction of sp³-hybridized carbons (Fsp3) is 0. The summed E-state index contributed by atoms with van der Waals surface area (Å²) in [5.74, 6) is 0.684. The van der Waals surface area contributed by atoms with E-state index in [1.807, 2.05) is 20.0 Å². The molecule has 3 nitrogen and oxygen atoms in total. The Labute approximate surface area is 110 Å². The van der Waals surface area contributed by atoms with Gasteiger partial charge in [0.1, 0.15) is 24.9 Å². The molecule has 92 valence electrons. The van der Waals surface area contributed by atoms with Crippen LogP contribution in [0.5, 0.6) is 5.75 Å². The Morgan fingerprint density at radius 2 is 1.74 bits per heavy atom. The van der Waals surface area contributed by atoms with Gasteiger partial charge in [-0.2, -0.15) is 0 Å². The molecule has 1 heterocycles. The summed E-state index contributed by atoms with van der Waals surface area (Å²) in [5, 5.41) is 9.85. The molecule has 0 aliphatic rings. The standard InChI is InChI=1S/C15H11BO3/c16-10-3-6-14-12(7-10)13(18)8-15(19-14)9-1-4-11(17)5-2-9/h1-8,17H,16H2. The highest BCUT2D eigenvalue weighted by Crippen LogP contribution is 2.23. The Morgan fingerprint density at radius 3 is 2.47 bits per heavy atom. The molecule has 1 N–H and O–H groups in total. The van der Waals surface area contributed by atoms with Gasteiger partial charge in [0.15, 0.2) is 5.43 Å². The van der Waals surface area contributed by atoms with Gasteiger partial charge in [-0.15, -0.1) is 0 Å². The van der Waals surface area contributed by atoms with Gasteiger partial charge in [-0.25, -0.2) is 0 Å². The molecule has 0 unspecified atom stereocenters. The zero-order valence-corrected chi connectivity index (χ0v) is 10.4. The van der Waals surface area contributed by atoms with Crippen LogP contribution in [0.3, 0.4) is 0 Å². The third-order valence-electron chi connectivity index (χ3n) is 3.03. The number of fused-ring (bicyclic) bond motifs is 1. The molecular weight excluding hydrogens is 239 g/mol. The van der Waals surface area contributed by atoms with Crippen LogP contribution in [0.2, 0.25) is 0 Å². The molecule has 0 saturated carbocycles. The summed E-state index contributed by atoms with van der Waals surface area (Å²) in [6.07, 6.45) is 0. The first-order valence-corrected chi connectivity index (χ1v) is 5.97. The number of phenols is 1. The second-order valence-corrected chi connectivity index (χ2v) is 4.52. The Kier molecular flexibility index (Phi) is 2.64. The van der Waals surface area contributed by atoms with E-state index < -0.39 is 0 Å². The third-order valence-corrected chi connectivity index (χ3v) is 3.03. The van der Waals surface area contributed by atoms with Crippen LogP contribution in [0.25, 0.3) is 22.3 Å². The van der Waals surface area contributed by atoms with Crippen LogP contribution < -0.4 is 10.9 Å². The summed E-state index contributed by atoms with van der Waals surface area (Å²) < 4.78 is 5.74. The van der Waals surface area contributed by atoms with Crippen LogP contribution in [0.1, 0.15) is 0 Å². The van der Waals surface area contributed by atoms with Gasteiger partial charge in [-0.3, -0.25) is 4.79 Å². The smallest absolute Gasteiger partial charge is 0.193 e. The average Bonchev–Trinajstić information content (AvgIpc) is 2.40. The SMILES string of the molecule is Bc1ccc2oc(-c3ccc(O)cc3)cc(=O)c2c1. The first-order valence-electron chi connectivity index (χ1n) is 5.97. The molecule has 4 heteroatoms. The van der Waals surface area contributed by atoms with Crippen molar-refractivity contribution in [1.82, 2.24) is 0 Å².